The maximum absolute atomic E-state index is 13.1. The predicted molar refractivity (Wildman–Crippen MR) is 91.4 cm³/mol. The first kappa shape index (κ1) is 18.9. The van der Waals surface area contributed by atoms with Gasteiger partial charge >= 0.3 is 0 Å². The van der Waals surface area contributed by atoms with Crippen LogP contribution in [-0.4, -0.2) is 21.6 Å². The summed E-state index contributed by atoms with van der Waals surface area (Å²) < 4.78 is 57.6. The lowest BCUT2D eigenvalue weighted by Gasteiger charge is -2.05. The number of aryl methyl sites for hydroxylation is 1. The molecule has 132 valence electrons. The van der Waals surface area contributed by atoms with E-state index in [9.17, 15) is 17.2 Å². The highest BCUT2D eigenvalue weighted by Crippen LogP contribution is 2.15. The molecule has 0 fully saturated rings. The highest BCUT2D eigenvalue weighted by molar-refractivity contribution is 7.88. The van der Waals surface area contributed by atoms with Crippen LogP contribution in [0.25, 0.3) is 0 Å². The van der Waals surface area contributed by atoms with Crippen LogP contribution >= 0.6 is 0 Å². The van der Waals surface area contributed by atoms with Crippen LogP contribution in [0.5, 0.6) is 5.75 Å². The molecule has 0 unspecified atom stereocenters. The molecule has 2 rings (SSSR count). The zero-order valence-electron chi connectivity index (χ0n) is 13.6. The number of hydrogen-bond donors (Lipinski definition) is 1. The van der Waals surface area contributed by atoms with Gasteiger partial charge in [-0.05, 0) is 36.2 Å². The number of halogens is 2. The van der Waals surface area contributed by atoms with E-state index < -0.39 is 27.4 Å². The third kappa shape index (κ3) is 6.53. The van der Waals surface area contributed by atoms with Crippen LogP contribution in [0, 0.1) is 30.4 Å². The second-order valence-corrected chi connectivity index (χ2v) is 7.07. The number of para-hydroxylation sites is 1. The summed E-state index contributed by atoms with van der Waals surface area (Å²) >= 11 is 0. The molecule has 0 saturated carbocycles. The molecule has 4 nitrogen and oxygen atoms in total. The average Bonchev–Trinajstić information content (AvgIpc) is 2.50. The van der Waals surface area contributed by atoms with Crippen LogP contribution in [0.15, 0.2) is 42.5 Å². The van der Waals surface area contributed by atoms with Crippen molar-refractivity contribution in [1.82, 2.24) is 4.72 Å². The van der Waals surface area contributed by atoms with E-state index in [-0.39, 0.29) is 18.7 Å². The average molecular weight is 365 g/mol. The van der Waals surface area contributed by atoms with Crippen molar-refractivity contribution >= 4 is 10.0 Å². The molecule has 1 N–H and O–H groups in total. The molecular formula is C18H17F2NO3S. The van der Waals surface area contributed by atoms with Crippen LogP contribution in [-0.2, 0) is 15.8 Å². The summed E-state index contributed by atoms with van der Waals surface area (Å²) in [5.74, 6) is 3.87. The van der Waals surface area contributed by atoms with Crippen LogP contribution in [0.2, 0.25) is 0 Å². The van der Waals surface area contributed by atoms with Crippen LogP contribution < -0.4 is 9.46 Å². The SMILES string of the molecule is Cc1ccccc1OCC#CCNS(=O)(=O)Cc1cc(F)cc(F)c1. The van der Waals surface area contributed by atoms with E-state index in [4.69, 9.17) is 4.74 Å². The molecule has 7 heteroatoms. The first-order chi connectivity index (χ1) is 11.9. The Hall–Kier alpha value is -2.43. The number of rotatable bonds is 6. The summed E-state index contributed by atoms with van der Waals surface area (Å²) in [6.45, 7) is 1.92. The van der Waals surface area contributed by atoms with Gasteiger partial charge < -0.3 is 4.74 Å². The van der Waals surface area contributed by atoms with Gasteiger partial charge in [-0.25, -0.2) is 21.9 Å². The van der Waals surface area contributed by atoms with Gasteiger partial charge in [0.05, 0.1) is 12.3 Å². The van der Waals surface area contributed by atoms with Gasteiger partial charge in [0.25, 0.3) is 0 Å². The molecular weight excluding hydrogens is 348 g/mol. The lowest BCUT2D eigenvalue weighted by molar-refractivity contribution is 0.367. The zero-order valence-corrected chi connectivity index (χ0v) is 14.4. The van der Waals surface area contributed by atoms with Gasteiger partial charge in [-0.1, -0.05) is 30.0 Å². The maximum Gasteiger partial charge on any atom is 0.216 e. The Morgan fingerprint density at radius 1 is 1.08 bits per heavy atom. The van der Waals surface area contributed by atoms with Crippen molar-refractivity contribution in [3.8, 4) is 17.6 Å². The predicted octanol–water partition coefficient (Wildman–Crippen LogP) is 2.78. The molecule has 0 radical (unpaired) electrons. The Morgan fingerprint density at radius 3 is 2.44 bits per heavy atom. The maximum atomic E-state index is 13.1. The quantitative estimate of drug-likeness (QED) is 0.801. The van der Waals surface area contributed by atoms with Crippen molar-refractivity contribution in [3.05, 3.63) is 65.2 Å². The largest absolute Gasteiger partial charge is 0.481 e. The van der Waals surface area contributed by atoms with Crippen molar-refractivity contribution < 1.29 is 21.9 Å². The Labute approximate surface area is 145 Å². The lowest BCUT2D eigenvalue weighted by atomic mass is 10.2. The first-order valence-corrected chi connectivity index (χ1v) is 9.07. The second-order valence-electron chi connectivity index (χ2n) is 5.27. The Morgan fingerprint density at radius 2 is 1.76 bits per heavy atom. The Balaban J connectivity index is 1.81. The molecule has 0 spiro atoms. The van der Waals surface area contributed by atoms with Crippen molar-refractivity contribution in [1.29, 1.82) is 0 Å². The molecule has 0 saturated heterocycles. The minimum Gasteiger partial charge on any atom is -0.481 e. The van der Waals surface area contributed by atoms with Crippen molar-refractivity contribution in [2.24, 2.45) is 0 Å². The number of sulfonamides is 1. The number of ether oxygens (including phenoxy) is 1. The molecule has 0 aliphatic carbocycles. The lowest BCUT2D eigenvalue weighted by Crippen LogP contribution is -2.25. The monoisotopic (exact) mass is 365 g/mol. The molecule has 0 aliphatic heterocycles. The van der Waals surface area contributed by atoms with Crippen LogP contribution in [0.4, 0.5) is 8.78 Å². The number of hydrogen-bond acceptors (Lipinski definition) is 3. The van der Waals surface area contributed by atoms with Crippen LogP contribution in [0.3, 0.4) is 0 Å². The Kier molecular flexibility index (Phi) is 6.51. The van der Waals surface area contributed by atoms with E-state index in [1.807, 2.05) is 31.2 Å². The minimum atomic E-state index is -3.74. The van der Waals surface area contributed by atoms with Crippen molar-refractivity contribution in [2.75, 3.05) is 13.2 Å². The van der Waals surface area contributed by atoms with Gasteiger partial charge in [0, 0.05) is 6.07 Å². The first-order valence-electron chi connectivity index (χ1n) is 7.42. The van der Waals surface area contributed by atoms with E-state index in [1.54, 1.807) is 0 Å². The van der Waals surface area contributed by atoms with E-state index in [0.29, 0.717) is 11.8 Å². The topological polar surface area (TPSA) is 55.4 Å². The molecule has 0 amide bonds. The van der Waals surface area contributed by atoms with Crippen molar-refractivity contribution in [3.63, 3.8) is 0 Å². The smallest absolute Gasteiger partial charge is 0.216 e. The standard InChI is InChI=1S/C18H17F2NO3S/c1-14-6-2-3-7-18(14)24-9-5-4-8-21-25(22,23)13-15-10-16(19)12-17(20)11-15/h2-3,6-7,10-12,21H,8-9,13H2,1H3. The second kappa shape index (κ2) is 8.60. The fourth-order valence-electron chi connectivity index (χ4n) is 2.06. The summed E-state index contributed by atoms with van der Waals surface area (Å²) in [4.78, 5) is 0. The van der Waals surface area contributed by atoms with E-state index in [1.165, 1.54) is 0 Å². The summed E-state index contributed by atoms with van der Waals surface area (Å²) in [5.41, 5.74) is 1.01. The third-order valence-corrected chi connectivity index (χ3v) is 4.48. The van der Waals surface area contributed by atoms with E-state index >= 15 is 0 Å². The summed E-state index contributed by atoms with van der Waals surface area (Å²) in [5, 5.41) is 0. The van der Waals surface area contributed by atoms with E-state index in [2.05, 4.69) is 16.6 Å². The number of benzene rings is 2. The van der Waals surface area contributed by atoms with Gasteiger partial charge in [0.15, 0.2) is 0 Å². The van der Waals surface area contributed by atoms with Crippen LogP contribution in [0.1, 0.15) is 11.1 Å². The highest BCUT2D eigenvalue weighted by Gasteiger charge is 2.12. The molecule has 0 heterocycles. The number of nitrogens with one attached hydrogen (secondary N) is 1. The van der Waals surface area contributed by atoms with Gasteiger partial charge in [0.2, 0.25) is 10.0 Å². The summed E-state index contributed by atoms with van der Waals surface area (Å²) in [6.07, 6.45) is 0. The fraction of sp³-hybridized carbons (Fsp3) is 0.222. The van der Waals surface area contributed by atoms with E-state index in [0.717, 1.165) is 17.7 Å². The van der Waals surface area contributed by atoms with Crippen molar-refractivity contribution in [2.45, 2.75) is 12.7 Å². The Bertz CT molecular complexity index is 882. The molecule has 0 aliphatic rings. The molecule has 25 heavy (non-hydrogen) atoms. The highest BCUT2D eigenvalue weighted by atomic mass is 32.2. The van der Waals surface area contributed by atoms with Gasteiger partial charge in [0.1, 0.15) is 24.0 Å². The zero-order chi connectivity index (χ0) is 18.3. The molecule has 0 bridgehead atoms. The molecule has 0 aromatic heterocycles. The third-order valence-electron chi connectivity index (χ3n) is 3.18. The molecule has 2 aromatic carbocycles. The normalized spacial score (nSPS) is 10.8. The fourth-order valence-corrected chi connectivity index (χ4v) is 3.06. The van der Waals surface area contributed by atoms with Gasteiger partial charge in [-0.15, -0.1) is 0 Å². The molecule has 2 aromatic rings. The summed E-state index contributed by atoms with van der Waals surface area (Å²) in [7, 11) is -3.74. The van der Waals surface area contributed by atoms with Gasteiger partial charge in [-0.3, -0.25) is 0 Å². The van der Waals surface area contributed by atoms with Gasteiger partial charge in [-0.2, -0.15) is 0 Å². The summed E-state index contributed by atoms with van der Waals surface area (Å²) in [6, 6.07) is 10.1. The molecule has 0 atom stereocenters. The minimum absolute atomic E-state index is 0.0286.